The molecule has 0 radical (unpaired) electrons. The molecule has 0 heterocycles. The smallest absolute Gasteiger partial charge is 0.311 e. The molecule has 1 atom stereocenters. The van der Waals surface area contributed by atoms with Gasteiger partial charge in [0.15, 0.2) is 11.9 Å². The molecule has 2 N–H and O–H groups in total. The minimum Gasteiger partial charge on any atom is -0.508 e. The predicted octanol–water partition coefficient (Wildman–Crippen LogP) is 7.26. The SMILES string of the molecule is CC=CC=C(C)C=CC1=C(C)C(=O)C(OC(=O)CCC(=O)Oc2ccc(C=Cc3cc(O)cc(O)c3)cc2)CC1(C)C. The number of phenolic OH excluding ortho intramolecular Hbond substituents is 2. The molecule has 0 saturated carbocycles. The maximum atomic E-state index is 13.0. The van der Waals surface area contributed by atoms with Crippen LogP contribution in [0.2, 0.25) is 0 Å². The van der Waals surface area contributed by atoms with Crippen molar-refractivity contribution in [2.24, 2.45) is 5.41 Å². The zero-order chi connectivity index (χ0) is 30.9. The highest BCUT2D eigenvalue weighted by Crippen LogP contribution is 2.41. The first kappa shape index (κ1) is 31.9. The maximum absolute atomic E-state index is 13.0. The van der Waals surface area contributed by atoms with Crippen molar-refractivity contribution in [1.82, 2.24) is 0 Å². The fourth-order valence-corrected chi connectivity index (χ4v) is 4.67. The Morgan fingerprint density at radius 2 is 1.57 bits per heavy atom. The summed E-state index contributed by atoms with van der Waals surface area (Å²) in [6.45, 7) is 9.72. The van der Waals surface area contributed by atoms with Gasteiger partial charge in [-0.05, 0) is 72.7 Å². The molecule has 3 rings (SSSR count). The summed E-state index contributed by atoms with van der Waals surface area (Å²) in [5.74, 6) is -1.20. The van der Waals surface area contributed by atoms with Gasteiger partial charge in [-0.1, -0.05) is 74.1 Å². The summed E-state index contributed by atoms with van der Waals surface area (Å²) >= 11 is 0. The normalized spacial score (nSPS) is 17.4. The Kier molecular flexibility index (Phi) is 10.9. The summed E-state index contributed by atoms with van der Waals surface area (Å²) in [5, 5.41) is 19.2. The minimum atomic E-state index is -0.898. The Balaban J connectivity index is 1.52. The van der Waals surface area contributed by atoms with E-state index in [1.807, 2.05) is 58.1 Å². The van der Waals surface area contributed by atoms with E-state index in [0.717, 1.165) is 16.7 Å². The third-order valence-electron chi connectivity index (χ3n) is 6.87. The Labute approximate surface area is 247 Å². The van der Waals surface area contributed by atoms with Crippen LogP contribution >= 0.6 is 0 Å². The van der Waals surface area contributed by atoms with Crippen LogP contribution in [-0.4, -0.2) is 34.0 Å². The van der Waals surface area contributed by atoms with Crippen LogP contribution in [0.4, 0.5) is 0 Å². The lowest BCUT2D eigenvalue weighted by atomic mass is 9.71. The number of carbonyl (C=O) groups excluding carboxylic acids is 3. The molecular weight excluding hydrogens is 532 g/mol. The Morgan fingerprint density at radius 1 is 0.952 bits per heavy atom. The summed E-state index contributed by atoms with van der Waals surface area (Å²) in [7, 11) is 0. The van der Waals surface area contributed by atoms with E-state index in [1.54, 1.807) is 43.3 Å². The monoisotopic (exact) mass is 570 g/mol. The number of hydrogen-bond donors (Lipinski definition) is 2. The molecule has 1 unspecified atom stereocenters. The summed E-state index contributed by atoms with van der Waals surface area (Å²) < 4.78 is 10.8. The summed E-state index contributed by atoms with van der Waals surface area (Å²) in [6, 6.07) is 11.0. The highest BCUT2D eigenvalue weighted by molar-refractivity contribution is 6.01. The van der Waals surface area contributed by atoms with Gasteiger partial charge in [0.1, 0.15) is 17.2 Å². The van der Waals surface area contributed by atoms with Crippen LogP contribution in [0.3, 0.4) is 0 Å². The number of ether oxygens (including phenoxy) is 2. The number of Topliss-reactive ketones (excluding diaryl/α,β-unsaturated/α-hetero) is 1. The van der Waals surface area contributed by atoms with Crippen molar-refractivity contribution in [3.05, 3.63) is 101 Å². The van der Waals surface area contributed by atoms with Crippen molar-refractivity contribution in [2.75, 3.05) is 0 Å². The molecule has 0 aliphatic heterocycles. The largest absolute Gasteiger partial charge is 0.508 e. The van der Waals surface area contributed by atoms with Gasteiger partial charge >= 0.3 is 11.9 Å². The lowest BCUT2D eigenvalue weighted by molar-refractivity contribution is -0.157. The van der Waals surface area contributed by atoms with Crippen LogP contribution in [-0.2, 0) is 19.1 Å². The number of esters is 2. The molecule has 220 valence electrons. The first-order chi connectivity index (χ1) is 19.9. The molecule has 42 heavy (non-hydrogen) atoms. The molecule has 0 spiro atoms. The Bertz CT molecular complexity index is 1450. The Morgan fingerprint density at radius 3 is 2.21 bits per heavy atom. The topological polar surface area (TPSA) is 110 Å². The average Bonchev–Trinajstić information content (AvgIpc) is 2.92. The van der Waals surface area contributed by atoms with Crippen LogP contribution in [0, 0.1) is 5.41 Å². The molecule has 0 bridgehead atoms. The summed E-state index contributed by atoms with van der Waals surface area (Å²) in [5.41, 5.74) is 3.58. The van der Waals surface area contributed by atoms with E-state index in [1.165, 1.54) is 18.2 Å². The first-order valence-electron chi connectivity index (χ1n) is 13.8. The molecule has 0 amide bonds. The maximum Gasteiger partial charge on any atom is 0.311 e. The van der Waals surface area contributed by atoms with Gasteiger partial charge in [-0.15, -0.1) is 0 Å². The highest BCUT2D eigenvalue weighted by atomic mass is 16.5. The molecule has 0 fully saturated rings. The average molecular weight is 571 g/mol. The standard InChI is InChI=1S/C35H38O7/c1-6-7-8-23(2)9-16-30-24(3)34(40)31(22-35(30,4)5)42-33(39)18-17-32(38)41-29-14-12-25(13-15-29)10-11-26-19-27(36)21-28(37)20-26/h6-16,19-21,31,36-37H,17-18,22H2,1-5H3. The second kappa shape index (κ2) is 14.3. The number of rotatable bonds is 10. The number of aromatic hydroxyl groups is 2. The number of allylic oxidation sites excluding steroid dienone is 7. The second-order valence-corrected chi connectivity index (χ2v) is 10.9. The van der Waals surface area contributed by atoms with Crippen molar-refractivity contribution in [3.8, 4) is 17.2 Å². The van der Waals surface area contributed by atoms with Gasteiger partial charge in [0.05, 0.1) is 12.8 Å². The zero-order valence-electron chi connectivity index (χ0n) is 24.7. The van der Waals surface area contributed by atoms with Crippen LogP contribution in [0.25, 0.3) is 12.2 Å². The van der Waals surface area contributed by atoms with Crippen LogP contribution in [0.5, 0.6) is 17.2 Å². The van der Waals surface area contributed by atoms with Gasteiger partial charge in [-0.25, -0.2) is 0 Å². The van der Waals surface area contributed by atoms with Crippen LogP contribution in [0.1, 0.15) is 65.0 Å². The van der Waals surface area contributed by atoms with Crippen molar-refractivity contribution >= 4 is 29.9 Å². The second-order valence-electron chi connectivity index (χ2n) is 10.9. The Hall–Kier alpha value is -4.65. The molecule has 7 nitrogen and oxygen atoms in total. The third kappa shape index (κ3) is 9.20. The number of carbonyl (C=O) groups is 3. The molecule has 1 aliphatic carbocycles. The lowest BCUT2D eigenvalue weighted by Crippen LogP contribution is -2.39. The fraction of sp³-hybridized carbons (Fsp3) is 0.286. The molecule has 0 aromatic heterocycles. The van der Waals surface area contributed by atoms with Gasteiger partial charge in [-0.2, -0.15) is 0 Å². The van der Waals surface area contributed by atoms with Gasteiger partial charge < -0.3 is 19.7 Å². The van der Waals surface area contributed by atoms with Crippen molar-refractivity contribution in [2.45, 2.75) is 60.0 Å². The first-order valence-corrected chi connectivity index (χ1v) is 13.8. The number of hydrogen-bond acceptors (Lipinski definition) is 7. The molecule has 0 saturated heterocycles. The van der Waals surface area contributed by atoms with E-state index >= 15 is 0 Å². The van der Waals surface area contributed by atoms with Crippen molar-refractivity contribution < 1.29 is 34.1 Å². The molecule has 7 heteroatoms. The summed E-state index contributed by atoms with van der Waals surface area (Å²) in [4.78, 5) is 37.9. The van der Waals surface area contributed by atoms with Gasteiger partial charge in [0.25, 0.3) is 0 Å². The van der Waals surface area contributed by atoms with E-state index in [-0.39, 0.29) is 35.5 Å². The molecule has 2 aromatic rings. The van der Waals surface area contributed by atoms with E-state index < -0.39 is 18.0 Å². The third-order valence-corrected chi connectivity index (χ3v) is 6.87. The van der Waals surface area contributed by atoms with E-state index in [9.17, 15) is 24.6 Å². The lowest BCUT2D eigenvalue weighted by Gasteiger charge is -2.36. The van der Waals surface area contributed by atoms with Gasteiger partial charge in [0.2, 0.25) is 0 Å². The van der Waals surface area contributed by atoms with Crippen molar-refractivity contribution in [3.63, 3.8) is 0 Å². The highest BCUT2D eigenvalue weighted by Gasteiger charge is 2.39. The van der Waals surface area contributed by atoms with Crippen LogP contribution in [0.15, 0.2) is 89.6 Å². The van der Waals surface area contributed by atoms with E-state index in [4.69, 9.17) is 9.47 Å². The van der Waals surface area contributed by atoms with Gasteiger partial charge in [-0.3, -0.25) is 14.4 Å². The minimum absolute atomic E-state index is 0.0388. The quantitative estimate of drug-likeness (QED) is 0.134. The molecule has 1 aliphatic rings. The van der Waals surface area contributed by atoms with E-state index in [0.29, 0.717) is 23.3 Å². The summed E-state index contributed by atoms with van der Waals surface area (Å²) in [6.07, 6.45) is 12.4. The fourth-order valence-electron chi connectivity index (χ4n) is 4.67. The van der Waals surface area contributed by atoms with Crippen molar-refractivity contribution in [1.29, 1.82) is 0 Å². The van der Waals surface area contributed by atoms with Gasteiger partial charge in [0, 0.05) is 12.5 Å². The van der Waals surface area contributed by atoms with E-state index in [2.05, 4.69) is 0 Å². The predicted molar refractivity (Wildman–Crippen MR) is 164 cm³/mol. The number of ketones is 1. The molecular formula is C35H38O7. The molecule has 2 aromatic carbocycles. The number of benzene rings is 2. The number of phenols is 2. The van der Waals surface area contributed by atoms with Crippen LogP contribution < -0.4 is 4.74 Å². The zero-order valence-corrected chi connectivity index (χ0v) is 24.7.